The van der Waals surface area contributed by atoms with Gasteiger partial charge in [0, 0.05) is 4.47 Å². The third-order valence-electron chi connectivity index (χ3n) is 3.37. The molecule has 2 rings (SSSR count). The molecule has 3 nitrogen and oxygen atoms in total. The minimum absolute atomic E-state index is 0.348. The van der Waals surface area contributed by atoms with Crippen molar-refractivity contribution in [3.8, 4) is 0 Å². The zero-order valence-electron chi connectivity index (χ0n) is 10.3. The number of nitrogens with two attached hydrogens (primary N) is 1. The van der Waals surface area contributed by atoms with Gasteiger partial charge in [-0.05, 0) is 30.5 Å². The zero-order valence-corrected chi connectivity index (χ0v) is 11.8. The molecule has 6 heteroatoms. The molecule has 1 aromatic carbocycles. The molecule has 1 aliphatic rings. The predicted octanol–water partition coefficient (Wildman–Crippen LogP) is 2.19. The van der Waals surface area contributed by atoms with E-state index < -0.39 is 24.4 Å². The molecule has 1 amide bonds. The van der Waals surface area contributed by atoms with E-state index in [1.54, 1.807) is 0 Å². The van der Waals surface area contributed by atoms with Gasteiger partial charge in [-0.25, -0.2) is 8.78 Å². The maximum Gasteiger partial charge on any atom is 0.277 e. The fourth-order valence-corrected chi connectivity index (χ4v) is 2.41. The van der Waals surface area contributed by atoms with Crippen LogP contribution in [0.25, 0.3) is 0 Å². The van der Waals surface area contributed by atoms with E-state index >= 15 is 0 Å². The van der Waals surface area contributed by atoms with Crippen LogP contribution >= 0.6 is 15.9 Å². The smallest absolute Gasteiger partial charge is 0.277 e. The molecule has 0 radical (unpaired) electrons. The number of carbonyl (C=O) groups is 1. The summed E-state index contributed by atoms with van der Waals surface area (Å²) in [4.78, 5) is 12.1. The van der Waals surface area contributed by atoms with Crippen LogP contribution in [0.4, 0.5) is 8.78 Å². The van der Waals surface area contributed by atoms with E-state index in [2.05, 4.69) is 21.2 Å². The van der Waals surface area contributed by atoms with Crippen LogP contribution in [-0.4, -0.2) is 24.9 Å². The number of carbonyl (C=O) groups excluding carboxylic acids is 1. The average molecular weight is 333 g/mol. The zero-order chi connectivity index (χ0) is 14.1. The summed E-state index contributed by atoms with van der Waals surface area (Å²) in [5, 5.41) is 2.31. The quantitative estimate of drug-likeness (QED) is 0.868. The number of hydrogen-bond donors (Lipinski definition) is 2. The first-order valence-electron chi connectivity index (χ1n) is 6.02. The minimum atomic E-state index is -3.05. The summed E-state index contributed by atoms with van der Waals surface area (Å²) in [7, 11) is 0. The van der Waals surface area contributed by atoms with E-state index in [1.165, 1.54) is 0 Å². The lowest BCUT2D eigenvalue weighted by Crippen LogP contribution is -2.45. The topological polar surface area (TPSA) is 55.1 Å². The van der Waals surface area contributed by atoms with Crippen molar-refractivity contribution in [1.82, 2.24) is 5.32 Å². The number of rotatable bonds is 5. The van der Waals surface area contributed by atoms with Gasteiger partial charge in [0.15, 0.2) is 0 Å². The van der Waals surface area contributed by atoms with E-state index in [1.807, 2.05) is 24.3 Å². The number of nitrogens with one attached hydrogen (secondary N) is 1. The van der Waals surface area contributed by atoms with Crippen molar-refractivity contribution in [1.29, 1.82) is 0 Å². The Labute approximate surface area is 118 Å². The van der Waals surface area contributed by atoms with Crippen molar-refractivity contribution >= 4 is 21.8 Å². The van der Waals surface area contributed by atoms with Crippen molar-refractivity contribution in [3.05, 3.63) is 34.3 Å². The van der Waals surface area contributed by atoms with Crippen molar-refractivity contribution < 1.29 is 13.6 Å². The second-order valence-electron chi connectivity index (χ2n) is 4.84. The Balaban J connectivity index is 2.07. The lowest BCUT2D eigenvalue weighted by Gasteiger charge is -2.19. The second-order valence-corrected chi connectivity index (χ2v) is 5.75. The Bertz CT molecular complexity index is 489. The largest absolute Gasteiger partial charge is 0.349 e. The van der Waals surface area contributed by atoms with Gasteiger partial charge in [0.2, 0.25) is 5.91 Å². The van der Waals surface area contributed by atoms with Gasteiger partial charge in [-0.1, -0.05) is 28.1 Å². The van der Waals surface area contributed by atoms with Crippen molar-refractivity contribution in [3.63, 3.8) is 0 Å². The third kappa shape index (κ3) is 3.12. The van der Waals surface area contributed by atoms with Gasteiger partial charge in [0.1, 0.15) is 0 Å². The molecule has 1 aromatic rings. The van der Waals surface area contributed by atoms with Crippen LogP contribution in [0.5, 0.6) is 0 Å². The first-order chi connectivity index (χ1) is 8.89. The Hall–Kier alpha value is -1.01. The van der Waals surface area contributed by atoms with E-state index in [0.29, 0.717) is 12.8 Å². The molecule has 104 valence electrons. The van der Waals surface area contributed by atoms with E-state index in [9.17, 15) is 13.6 Å². The summed E-state index contributed by atoms with van der Waals surface area (Å²) < 4.78 is 27.0. The van der Waals surface area contributed by atoms with Crippen LogP contribution in [0.15, 0.2) is 28.7 Å². The van der Waals surface area contributed by atoms with E-state index in [-0.39, 0.29) is 5.91 Å². The third-order valence-corrected chi connectivity index (χ3v) is 3.86. The SMILES string of the molecule is NCC(F)(F)CNC(=O)C1(c2cccc(Br)c2)CC1. The van der Waals surface area contributed by atoms with Crippen molar-refractivity contribution in [2.75, 3.05) is 13.1 Å². The Morgan fingerprint density at radius 2 is 2.16 bits per heavy atom. The first kappa shape index (κ1) is 14.4. The summed E-state index contributed by atoms with van der Waals surface area (Å²) in [6.07, 6.45) is 1.37. The lowest BCUT2D eigenvalue weighted by atomic mass is 9.95. The van der Waals surface area contributed by atoms with Gasteiger partial charge in [0.05, 0.1) is 18.5 Å². The highest BCUT2D eigenvalue weighted by Gasteiger charge is 2.51. The van der Waals surface area contributed by atoms with Gasteiger partial charge in [-0.3, -0.25) is 4.79 Å². The summed E-state index contributed by atoms with van der Waals surface area (Å²) in [5.41, 5.74) is 5.15. The standard InChI is InChI=1S/C13H15BrF2N2O/c14-10-3-1-2-9(6-10)12(4-5-12)11(19)18-8-13(15,16)7-17/h1-3,6H,4-5,7-8,17H2,(H,18,19). The number of alkyl halides is 2. The molecule has 0 spiro atoms. The molecule has 0 bridgehead atoms. The Morgan fingerprint density at radius 1 is 1.47 bits per heavy atom. The van der Waals surface area contributed by atoms with Crippen LogP contribution in [0.1, 0.15) is 18.4 Å². The molecule has 1 fully saturated rings. The molecule has 0 atom stereocenters. The van der Waals surface area contributed by atoms with Crippen LogP contribution in [0.2, 0.25) is 0 Å². The van der Waals surface area contributed by atoms with Crippen molar-refractivity contribution in [2.24, 2.45) is 5.73 Å². The number of hydrogen-bond acceptors (Lipinski definition) is 2. The number of halogens is 3. The average Bonchev–Trinajstić information content (AvgIpc) is 3.18. The van der Waals surface area contributed by atoms with Crippen LogP contribution in [-0.2, 0) is 10.2 Å². The summed E-state index contributed by atoms with van der Waals surface area (Å²) in [5.74, 6) is -3.40. The van der Waals surface area contributed by atoms with Crippen LogP contribution < -0.4 is 11.1 Å². The van der Waals surface area contributed by atoms with Gasteiger partial charge < -0.3 is 11.1 Å². The molecule has 0 aliphatic heterocycles. The Kier molecular flexibility index (Phi) is 3.92. The molecule has 1 aliphatic carbocycles. The number of benzene rings is 1. The first-order valence-corrected chi connectivity index (χ1v) is 6.81. The highest BCUT2D eigenvalue weighted by molar-refractivity contribution is 9.10. The lowest BCUT2D eigenvalue weighted by molar-refractivity contribution is -0.125. The maximum atomic E-state index is 13.0. The van der Waals surface area contributed by atoms with Gasteiger partial charge in [-0.15, -0.1) is 0 Å². The fourth-order valence-electron chi connectivity index (χ4n) is 2.01. The maximum absolute atomic E-state index is 13.0. The summed E-state index contributed by atoms with van der Waals surface area (Å²) in [6, 6.07) is 7.40. The molecular weight excluding hydrogens is 318 g/mol. The fraction of sp³-hybridized carbons (Fsp3) is 0.462. The minimum Gasteiger partial charge on any atom is -0.349 e. The normalized spacial score (nSPS) is 17.1. The molecule has 3 N–H and O–H groups in total. The van der Waals surface area contributed by atoms with Crippen LogP contribution in [0.3, 0.4) is 0 Å². The van der Waals surface area contributed by atoms with Gasteiger partial charge in [-0.2, -0.15) is 0 Å². The monoisotopic (exact) mass is 332 g/mol. The van der Waals surface area contributed by atoms with E-state index in [4.69, 9.17) is 5.73 Å². The van der Waals surface area contributed by atoms with Gasteiger partial charge >= 0.3 is 0 Å². The highest BCUT2D eigenvalue weighted by atomic mass is 79.9. The second kappa shape index (κ2) is 5.17. The summed E-state index contributed by atoms with van der Waals surface area (Å²) in [6.45, 7) is -1.48. The molecular formula is C13H15BrF2N2O. The van der Waals surface area contributed by atoms with Crippen LogP contribution in [0, 0.1) is 0 Å². The number of amides is 1. The molecule has 19 heavy (non-hydrogen) atoms. The van der Waals surface area contributed by atoms with Gasteiger partial charge in [0.25, 0.3) is 5.92 Å². The molecule has 0 heterocycles. The molecule has 0 saturated heterocycles. The Morgan fingerprint density at radius 3 is 2.68 bits per heavy atom. The van der Waals surface area contributed by atoms with E-state index in [0.717, 1.165) is 10.0 Å². The summed E-state index contributed by atoms with van der Waals surface area (Å²) >= 11 is 3.35. The molecule has 0 unspecified atom stereocenters. The van der Waals surface area contributed by atoms with Crippen molar-refractivity contribution in [2.45, 2.75) is 24.2 Å². The highest BCUT2D eigenvalue weighted by Crippen LogP contribution is 2.48. The molecule has 1 saturated carbocycles. The molecule has 0 aromatic heterocycles. The predicted molar refractivity (Wildman–Crippen MR) is 72.1 cm³/mol.